The van der Waals surface area contributed by atoms with Crippen molar-refractivity contribution in [3.8, 4) is 0 Å². The molecule has 6 heteroatoms. The summed E-state index contributed by atoms with van der Waals surface area (Å²) in [4.78, 5) is 0. The van der Waals surface area contributed by atoms with Gasteiger partial charge in [0.2, 0.25) is 0 Å². The molecule has 43 heavy (non-hydrogen) atoms. The maximum atomic E-state index is 10.8. The molecule has 0 aromatic heterocycles. The molecule has 4 atom stereocenters. The van der Waals surface area contributed by atoms with E-state index < -0.39 is 20.0 Å². The molecule has 0 amide bonds. The first-order valence-corrected chi connectivity index (χ1v) is 16.6. The molecule has 1 N–H and O–H groups in total. The van der Waals surface area contributed by atoms with Crippen LogP contribution in [0.15, 0.2) is 121 Å². The summed E-state index contributed by atoms with van der Waals surface area (Å²) in [6.07, 6.45) is -0.241. The van der Waals surface area contributed by atoms with Gasteiger partial charge in [-0.1, -0.05) is 124 Å². The molecule has 0 spiro atoms. The normalized spacial score (nSPS) is 22.7. The van der Waals surface area contributed by atoms with E-state index in [0.29, 0.717) is 19.6 Å². The van der Waals surface area contributed by atoms with E-state index in [0.717, 1.165) is 11.1 Å². The Morgan fingerprint density at radius 2 is 1.33 bits per heavy atom. The number of ether oxygens (including phenoxy) is 2. The number of aliphatic hydroxyl groups excluding tert-OH is 1. The first kappa shape index (κ1) is 33.7. The Labute approximate surface area is 282 Å². The van der Waals surface area contributed by atoms with E-state index in [2.05, 4.69) is 100 Å². The van der Waals surface area contributed by atoms with Crippen LogP contribution < -0.4 is 10.4 Å². The third kappa shape index (κ3) is 7.40. The number of aliphatic hydroxyl groups is 1. The summed E-state index contributed by atoms with van der Waals surface area (Å²) in [5.74, 6) is -0.151. The molecule has 0 radical (unpaired) electrons. The van der Waals surface area contributed by atoms with Gasteiger partial charge in [0.05, 0.1) is 24.9 Å². The minimum absolute atomic E-state index is 0. The fraction of sp³-hybridized carbons (Fsp3) is 0.297. The van der Waals surface area contributed by atoms with E-state index in [4.69, 9.17) is 13.9 Å². The van der Waals surface area contributed by atoms with Crippen LogP contribution in [0.4, 0.5) is 0 Å². The maximum Gasteiger partial charge on any atom is 2.00 e. The van der Waals surface area contributed by atoms with E-state index >= 15 is 0 Å². The Hall–Kier alpha value is -2.14. The molecule has 4 nitrogen and oxygen atoms in total. The van der Waals surface area contributed by atoms with Crippen LogP contribution >= 0.6 is 0 Å². The molecule has 2 fully saturated rings. The third-order valence-corrected chi connectivity index (χ3v) is 13.4. The monoisotopic (exact) mass is 816 g/mol. The minimum atomic E-state index is -2.73. The zero-order valence-electron chi connectivity index (χ0n) is 25.4. The molecule has 1 saturated heterocycles. The van der Waals surface area contributed by atoms with Crippen LogP contribution in [0, 0.1) is 50.6 Å². The molecule has 6 rings (SSSR count). The number of fused-ring (bicyclic) bond motifs is 2. The van der Waals surface area contributed by atoms with Crippen LogP contribution in [0.3, 0.4) is 0 Å². The summed E-state index contributed by atoms with van der Waals surface area (Å²) in [6.45, 7) is 13.2. The summed E-state index contributed by atoms with van der Waals surface area (Å²) in [6, 6.07) is 41.3. The van der Waals surface area contributed by atoms with Crippen molar-refractivity contribution >= 4 is 18.7 Å². The molecule has 4 aromatic rings. The van der Waals surface area contributed by atoms with Gasteiger partial charge in [-0.25, -0.2) is 6.61 Å². The van der Waals surface area contributed by atoms with E-state index in [1.54, 1.807) is 6.61 Å². The molecule has 2 aliphatic rings. The molecule has 1 aliphatic heterocycles. The van der Waals surface area contributed by atoms with Gasteiger partial charge in [-0.3, -0.25) is 0 Å². The van der Waals surface area contributed by atoms with Crippen molar-refractivity contribution < 1.29 is 50.1 Å². The first-order valence-electron chi connectivity index (χ1n) is 14.7. The number of benzene rings is 4. The molecule has 1 heterocycles. The molecule has 1 aliphatic carbocycles. The average Bonchev–Trinajstić information content (AvgIpc) is 3.48. The Morgan fingerprint density at radius 3 is 1.77 bits per heavy atom. The van der Waals surface area contributed by atoms with Gasteiger partial charge in [0, 0.05) is 12.5 Å². The van der Waals surface area contributed by atoms with Crippen LogP contribution in [0.1, 0.15) is 38.3 Å². The fourth-order valence-corrected chi connectivity index (χ4v) is 10.9. The second-order valence-corrected chi connectivity index (χ2v) is 16.6. The van der Waals surface area contributed by atoms with Gasteiger partial charge in [0.25, 0.3) is 8.32 Å². The van der Waals surface area contributed by atoms with Gasteiger partial charge >= 0.3 is 31.1 Å². The van der Waals surface area contributed by atoms with Crippen molar-refractivity contribution in [3.05, 3.63) is 146 Å². The summed E-state index contributed by atoms with van der Waals surface area (Å²) in [5.41, 5.74) is 1.48. The minimum Gasteiger partial charge on any atom is -0.543 e. The van der Waals surface area contributed by atoms with Crippen molar-refractivity contribution in [1.82, 2.24) is 0 Å². The Balaban J connectivity index is 0.000000466. The molecule has 4 aromatic carbocycles. The third-order valence-electron chi connectivity index (χ3n) is 8.39. The average molecular weight is 817 g/mol. The molecule has 2 bridgehead atoms. The smallest absolute Gasteiger partial charge is 0.543 e. The Bertz CT molecular complexity index is 1340. The number of hydrogen-bond donors (Lipinski definition) is 1. The summed E-state index contributed by atoms with van der Waals surface area (Å²) < 4.78 is 19.9. The topological polar surface area (TPSA) is 47.9 Å². The van der Waals surface area contributed by atoms with Gasteiger partial charge in [-0.15, -0.1) is 12.1 Å². The Kier molecular flexibility index (Phi) is 11.6. The predicted octanol–water partition coefficient (Wildman–Crippen LogP) is 6.33. The Morgan fingerprint density at radius 1 is 0.837 bits per heavy atom. The predicted molar refractivity (Wildman–Crippen MR) is 172 cm³/mol. The second kappa shape index (κ2) is 14.8. The standard InChI is InChI=1S/C30H35O4Si.C7H7.U/c1-29(2,3)35(24-15-9-5-10-16-24,25-17-11-6-12-18-25)34-22-30-19-27(31)26(21-33-30)28(30)32-20-23-13-7-4-8-14-23;1-7-5-3-2-4-6-7;/h4-18,21,26-28,31H,19-20,22H2,1-3H3;2-6H,1H2;/q2*-1;+2/t26-,27?,28-,30+;;/m1../s1. The van der Waals surface area contributed by atoms with Crippen molar-refractivity contribution in [3.63, 3.8) is 0 Å². The van der Waals surface area contributed by atoms with Gasteiger partial charge in [0.15, 0.2) is 0 Å². The molecule has 1 unspecified atom stereocenters. The molecule has 1 saturated carbocycles. The molecular formula is C37H42O4SiU. The zero-order chi connectivity index (χ0) is 29.6. The fourth-order valence-electron chi connectivity index (χ4n) is 6.32. The van der Waals surface area contributed by atoms with E-state index in [1.807, 2.05) is 48.5 Å². The van der Waals surface area contributed by atoms with Crippen LogP contribution in [0.25, 0.3) is 0 Å². The molecule has 222 valence electrons. The SMILES string of the molecule is CC(C)(C)[Si](OC[C@]12CC(O)[C@@H]([CH-]O1)[C@H]2OCc1ccccc1)(c1ccccc1)c1ccccc1.[CH2-]c1ccccc1.[U+2]. The van der Waals surface area contributed by atoms with Crippen molar-refractivity contribution in [2.45, 2.75) is 56.6 Å². The quantitative estimate of drug-likeness (QED) is 0.167. The van der Waals surface area contributed by atoms with Crippen LogP contribution in [-0.2, 0) is 20.5 Å². The summed E-state index contributed by atoms with van der Waals surface area (Å²) in [7, 11) is -2.73. The van der Waals surface area contributed by atoms with Crippen LogP contribution in [0.2, 0.25) is 5.04 Å². The van der Waals surface area contributed by atoms with Gasteiger partial charge in [-0.05, 0) is 21.0 Å². The van der Waals surface area contributed by atoms with E-state index in [1.165, 1.54) is 10.4 Å². The summed E-state index contributed by atoms with van der Waals surface area (Å²) in [5, 5.41) is 13.2. The van der Waals surface area contributed by atoms with Crippen LogP contribution in [0.5, 0.6) is 0 Å². The zero-order valence-corrected chi connectivity index (χ0v) is 30.5. The van der Waals surface area contributed by atoms with Crippen molar-refractivity contribution in [2.75, 3.05) is 6.61 Å². The van der Waals surface area contributed by atoms with Gasteiger partial charge in [-0.2, -0.15) is 24.6 Å². The summed E-state index contributed by atoms with van der Waals surface area (Å²) >= 11 is 0. The first-order chi connectivity index (χ1) is 20.3. The van der Waals surface area contributed by atoms with Gasteiger partial charge in [0.1, 0.15) is 0 Å². The molecular weight excluding hydrogens is 775 g/mol. The second-order valence-electron chi connectivity index (χ2n) is 12.3. The van der Waals surface area contributed by atoms with E-state index in [9.17, 15) is 5.11 Å². The largest absolute Gasteiger partial charge is 2.00 e. The maximum absolute atomic E-state index is 10.8. The van der Waals surface area contributed by atoms with Crippen molar-refractivity contribution in [1.29, 1.82) is 0 Å². The van der Waals surface area contributed by atoms with Crippen LogP contribution in [-0.4, -0.2) is 37.8 Å². The number of hydrogen-bond acceptors (Lipinski definition) is 4. The van der Waals surface area contributed by atoms with Crippen molar-refractivity contribution in [2.24, 2.45) is 5.92 Å². The number of rotatable bonds is 8. The van der Waals surface area contributed by atoms with E-state index in [-0.39, 0.29) is 48.2 Å². The van der Waals surface area contributed by atoms with Gasteiger partial charge < -0.3 is 19.0 Å².